The standard InChI is InChI=1S/C19H31N3O2.ClH/c1-15(2)24-18-5-4-16(12-19(18)23-3)13-21-9-6-17(14-21)22-10-7-20-8-11-22;/h4-5,12,15,17,20H,6-11,13-14H2,1-3H3;1H. The lowest BCUT2D eigenvalue weighted by molar-refractivity contribution is 0.170. The topological polar surface area (TPSA) is 37.0 Å². The number of likely N-dealkylation sites (tertiary alicyclic amines) is 1. The molecule has 1 N–H and O–H groups in total. The van der Waals surface area contributed by atoms with Gasteiger partial charge in [0.25, 0.3) is 0 Å². The van der Waals surface area contributed by atoms with Gasteiger partial charge in [-0.25, -0.2) is 0 Å². The highest BCUT2D eigenvalue weighted by Gasteiger charge is 2.28. The third-order valence-electron chi connectivity index (χ3n) is 4.91. The summed E-state index contributed by atoms with van der Waals surface area (Å²) >= 11 is 0. The molecule has 5 nitrogen and oxygen atoms in total. The van der Waals surface area contributed by atoms with Gasteiger partial charge in [-0.3, -0.25) is 9.80 Å². The molecule has 0 saturated carbocycles. The van der Waals surface area contributed by atoms with E-state index in [1.807, 2.05) is 19.9 Å². The van der Waals surface area contributed by atoms with Crippen LogP contribution in [0.4, 0.5) is 0 Å². The summed E-state index contributed by atoms with van der Waals surface area (Å²) in [6, 6.07) is 7.05. The first kappa shape index (κ1) is 20.3. The summed E-state index contributed by atoms with van der Waals surface area (Å²) in [7, 11) is 1.71. The van der Waals surface area contributed by atoms with Gasteiger partial charge in [-0.2, -0.15) is 0 Å². The minimum Gasteiger partial charge on any atom is -0.493 e. The molecule has 25 heavy (non-hydrogen) atoms. The predicted octanol–water partition coefficient (Wildman–Crippen LogP) is 2.38. The highest BCUT2D eigenvalue weighted by Crippen LogP contribution is 2.30. The van der Waals surface area contributed by atoms with E-state index >= 15 is 0 Å². The lowest BCUT2D eigenvalue weighted by atomic mass is 10.2. The van der Waals surface area contributed by atoms with Gasteiger partial charge in [-0.05, 0) is 38.0 Å². The highest BCUT2D eigenvalue weighted by molar-refractivity contribution is 5.85. The third-order valence-corrected chi connectivity index (χ3v) is 4.91. The third kappa shape index (κ3) is 5.48. The van der Waals surface area contributed by atoms with E-state index in [4.69, 9.17) is 9.47 Å². The summed E-state index contributed by atoms with van der Waals surface area (Å²) < 4.78 is 11.3. The van der Waals surface area contributed by atoms with Crippen molar-refractivity contribution in [2.24, 2.45) is 0 Å². The Morgan fingerprint density at radius 2 is 1.92 bits per heavy atom. The van der Waals surface area contributed by atoms with Gasteiger partial charge in [0.05, 0.1) is 13.2 Å². The van der Waals surface area contributed by atoms with Crippen LogP contribution in [-0.4, -0.2) is 68.3 Å². The van der Waals surface area contributed by atoms with Gasteiger partial charge in [0.1, 0.15) is 0 Å². The van der Waals surface area contributed by atoms with E-state index in [0.717, 1.165) is 37.2 Å². The van der Waals surface area contributed by atoms with Gasteiger partial charge < -0.3 is 14.8 Å². The normalized spacial score (nSPS) is 22.0. The van der Waals surface area contributed by atoms with Crippen molar-refractivity contribution >= 4 is 12.4 Å². The molecular weight excluding hydrogens is 338 g/mol. The quantitative estimate of drug-likeness (QED) is 0.833. The second kappa shape index (κ2) is 9.62. The molecule has 1 unspecified atom stereocenters. The first-order valence-electron chi connectivity index (χ1n) is 9.16. The van der Waals surface area contributed by atoms with E-state index < -0.39 is 0 Å². The Bertz CT molecular complexity index is 535. The number of nitrogens with one attached hydrogen (secondary N) is 1. The summed E-state index contributed by atoms with van der Waals surface area (Å²) in [5.74, 6) is 1.66. The Balaban J connectivity index is 0.00000225. The number of benzene rings is 1. The molecule has 0 spiro atoms. The fourth-order valence-corrected chi connectivity index (χ4v) is 3.72. The van der Waals surface area contributed by atoms with Crippen LogP contribution in [-0.2, 0) is 6.54 Å². The van der Waals surface area contributed by atoms with Crippen molar-refractivity contribution in [1.29, 1.82) is 0 Å². The Morgan fingerprint density at radius 1 is 1.16 bits per heavy atom. The number of rotatable bonds is 6. The van der Waals surface area contributed by atoms with Crippen molar-refractivity contribution in [2.45, 2.75) is 39.0 Å². The lowest BCUT2D eigenvalue weighted by Gasteiger charge is -2.32. The first-order valence-corrected chi connectivity index (χ1v) is 9.16. The number of methoxy groups -OCH3 is 1. The monoisotopic (exact) mass is 369 g/mol. The molecule has 2 aliphatic rings. The number of ether oxygens (including phenoxy) is 2. The summed E-state index contributed by atoms with van der Waals surface area (Å²) in [4.78, 5) is 5.21. The fraction of sp³-hybridized carbons (Fsp3) is 0.684. The SMILES string of the molecule is COc1cc(CN2CCC(N3CCNCC3)C2)ccc1OC(C)C.Cl. The average Bonchev–Trinajstić information content (AvgIpc) is 3.05. The van der Waals surface area contributed by atoms with Crippen molar-refractivity contribution < 1.29 is 9.47 Å². The maximum absolute atomic E-state index is 5.81. The summed E-state index contributed by atoms with van der Waals surface area (Å²) in [5, 5.41) is 3.44. The van der Waals surface area contributed by atoms with Gasteiger partial charge in [0.2, 0.25) is 0 Å². The van der Waals surface area contributed by atoms with E-state index in [9.17, 15) is 0 Å². The van der Waals surface area contributed by atoms with Gasteiger partial charge in [0.15, 0.2) is 11.5 Å². The molecule has 1 aromatic carbocycles. The molecule has 1 atom stereocenters. The minimum atomic E-state index is 0. The zero-order chi connectivity index (χ0) is 16.9. The van der Waals surface area contributed by atoms with E-state index in [0.29, 0.717) is 0 Å². The molecular formula is C19H32ClN3O2. The van der Waals surface area contributed by atoms with Crippen molar-refractivity contribution in [3.05, 3.63) is 23.8 Å². The van der Waals surface area contributed by atoms with E-state index in [2.05, 4.69) is 27.2 Å². The van der Waals surface area contributed by atoms with Gasteiger partial charge in [0, 0.05) is 51.9 Å². The van der Waals surface area contributed by atoms with E-state index in [1.54, 1.807) is 7.11 Å². The van der Waals surface area contributed by atoms with Crippen LogP contribution in [0.15, 0.2) is 18.2 Å². The molecule has 2 saturated heterocycles. The van der Waals surface area contributed by atoms with Crippen molar-refractivity contribution in [3.63, 3.8) is 0 Å². The Labute approximate surface area is 158 Å². The van der Waals surface area contributed by atoms with Crippen LogP contribution in [0.1, 0.15) is 25.8 Å². The van der Waals surface area contributed by atoms with Crippen molar-refractivity contribution in [3.8, 4) is 11.5 Å². The van der Waals surface area contributed by atoms with Crippen LogP contribution in [0.3, 0.4) is 0 Å². The molecule has 0 aliphatic carbocycles. The van der Waals surface area contributed by atoms with E-state index in [-0.39, 0.29) is 18.5 Å². The van der Waals surface area contributed by atoms with Gasteiger partial charge >= 0.3 is 0 Å². The van der Waals surface area contributed by atoms with Crippen molar-refractivity contribution in [1.82, 2.24) is 15.1 Å². The molecule has 142 valence electrons. The second-order valence-electron chi connectivity index (χ2n) is 7.12. The largest absolute Gasteiger partial charge is 0.493 e. The minimum absolute atomic E-state index is 0. The highest BCUT2D eigenvalue weighted by atomic mass is 35.5. The van der Waals surface area contributed by atoms with Crippen LogP contribution < -0.4 is 14.8 Å². The maximum atomic E-state index is 5.81. The number of piperazine rings is 1. The Kier molecular flexibility index (Phi) is 7.81. The van der Waals surface area contributed by atoms with E-state index in [1.165, 1.54) is 38.2 Å². The number of hydrogen-bond acceptors (Lipinski definition) is 5. The molecule has 0 radical (unpaired) electrons. The van der Waals surface area contributed by atoms with Gasteiger partial charge in [-0.1, -0.05) is 6.07 Å². The van der Waals surface area contributed by atoms with Crippen LogP contribution in [0.2, 0.25) is 0 Å². The molecule has 6 heteroatoms. The van der Waals surface area contributed by atoms with Crippen molar-refractivity contribution in [2.75, 3.05) is 46.4 Å². The molecule has 1 aromatic rings. The Hall–Kier alpha value is -1.01. The second-order valence-corrected chi connectivity index (χ2v) is 7.12. The molecule has 2 aliphatic heterocycles. The fourth-order valence-electron chi connectivity index (χ4n) is 3.72. The molecule has 0 amide bonds. The van der Waals surface area contributed by atoms with Crippen LogP contribution >= 0.6 is 12.4 Å². The number of hydrogen-bond donors (Lipinski definition) is 1. The summed E-state index contributed by atoms with van der Waals surface area (Å²) in [6.07, 6.45) is 1.44. The van der Waals surface area contributed by atoms with Crippen LogP contribution in [0.25, 0.3) is 0 Å². The van der Waals surface area contributed by atoms with Gasteiger partial charge in [-0.15, -0.1) is 12.4 Å². The lowest BCUT2D eigenvalue weighted by Crippen LogP contribution is -2.49. The predicted molar refractivity (Wildman–Crippen MR) is 104 cm³/mol. The molecule has 0 aromatic heterocycles. The zero-order valence-electron chi connectivity index (χ0n) is 15.7. The molecule has 2 heterocycles. The molecule has 2 fully saturated rings. The number of halogens is 1. The summed E-state index contributed by atoms with van der Waals surface area (Å²) in [5.41, 5.74) is 1.30. The Morgan fingerprint density at radius 3 is 2.60 bits per heavy atom. The molecule has 3 rings (SSSR count). The molecule has 0 bridgehead atoms. The maximum Gasteiger partial charge on any atom is 0.161 e. The smallest absolute Gasteiger partial charge is 0.161 e. The zero-order valence-corrected chi connectivity index (χ0v) is 16.5. The summed E-state index contributed by atoms with van der Waals surface area (Å²) in [6.45, 7) is 12.0. The average molecular weight is 370 g/mol. The van der Waals surface area contributed by atoms with Crippen LogP contribution in [0, 0.1) is 0 Å². The number of nitrogens with zero attached hydrogens (tertiary/aromatic N) is 2. The van der Waals surface area contributed by atoms with Crippen LogP contribution in [0.5, 0.6) is 11.5 Å². The first-order chi connectivity index (χ1) is 11.7.